The largest absolute Gasteiger partial charge is 0.486 e. The zero-order valence-corrected chi connectivity index (χ0v) is 10.7. The van der Waals surface area contributed by atoms with Crippen LogP contribution in [0.15, 0.2) is 12.4 Å². The second kappa shape index (κ2) is 6.53. The summed E-state index contributed by atoms with van der Waals surface area (Å²) in [6.45, 7) is 11.3. The summed E-state index contributed by atoms with van der Waals surface area (Å²) < 4.78 is 7.60. The summed E-state index contributed by atoms with van der Waals surface area (Å²) >= 11 is 0. The van der Waals surface area contributed by atoms with Crippen molar-refractivity contribution in [1.82, 2.24) is 15.1 Å². The lowest BCUT2D eigenvalue weighted by atomic mass is 10.2. The van der Waals surface area contributed by atoms with Crippen molar-refractivity contribution in [3.05, 3.63) is 12.4 Å². The van der Waals surface area contributed by atoms with E-state index in [1.165, 1.54) is 0 Å². The molecule has 1 heterocycles. The van der Waals surface area contributed by atoms with Gasteiger partial charge in [0.05, 0.1) is 12.4 Å². The summed E-state index contributed by atoms with van der Waals surface area (Å²) in [6, 6.07) is 0. The lowest BCUT2D eigenvalue weighted by molar-refractivity contribution is 0.215. The normalized spacial score (nSPS) is 13.1. The Kier molecular flexibility index (Phi) is 5.32. The van der Waals surface area contributed by atoms with Gasteiger partial charge in [0, 0.05) is 13.1 Å². The Morgan fingerprint density at radius 1 is 1.38 bits per heavy atom. The van der Waals surface area contributed by atoms with Crippen molar-refractivity contribution in [2.75, 3.05) is 13.1 Å². The number of nitrogens with one attached hydrogen (secondary N) is 1. The molecule has 4 heteroatoms. The quantitative estimate of drug-likeness (QED) is 0.770. The van der Waals surface area contributed by atoms with Gasteiger partial charge in [0.15, 0.2) is 5.75 Å². The van der Waals surface area contributed by atoms with Crippen LogP contribution in [0.5, 0.6) is 5.75 Å². The smallest absolute Gasteiger partial charge is 0.157 e. The van der Waals surface area contributed by atoms with Gasteiger partial charge in [0.1, 0.15) is 6.10 Å². The van der Waals surface area contributed by atoms with Gasteiger partial charge in [-0.15, -0.1) is 0 Å². The van der Waals surface area contributed by atoms with Crippen LogP contribution in [0.1, 0.15) is 27.7 Å². The summed E-state index contributed by atoms with van der Waals surface area (Å²) in [5.74, 6) is 1.52. The summed E-state index contributed by atoms with van der Waals surface area (Å²) in [7, 11) is 0. The summed E-state index contributed by atoms with van der Waals surface area (Å²) in [6.07, 6.45) is 3.87. The fourth-order valence-corrected chi connectivity index (χ4v) is 1.43. The predicted octanol–water partition coefficient (Wildman–Crippen LogP) is 1.92. The van der Waals surface area contributed by atoms with Crippen LogP contribution in [0.3, 0.4) is 0 Å². The number of aryl methyl sites for hydroxylation is 1. The Balaban J connectivity index is 2.25. The molecule has 0 saturated heterocycles. The van der Waals surface area contributed by atoms with Gasteiger partial charge in [-0.05, 0) is 26.3 Å². The molecule has 1 rings (SSSR count). The molecule has 0 bridgehead atoms. The molecule has 4 nitrogen and oxygen atoms in total. The summed E-state index contributed by atoms with van der Waals surface area (Å²) in [5, 5.41) is 7.54. The highest BCUT2D eigenvalue weighted by atomic mass is 16.5. The minimum atomic E-state index is 0.174. The minimum absolute atomic E-state index is 0.174. The van der Waals surface area contributed by atoms with Gasteiger partial charge in [-0.3, -0.25) is 4.68 Å². The van der Waals surface area contributed by atoms with E-state index in [-0.39, 0.29) is 6.10 Å². The summed E-state index contributed by atoms with van der Waals surface area (Å²) in [5.41, 5.74) is 0. The maximum atomic E-state index is 5.73. The monoisotopic (exact) mass is 225 g/mol. The predicted molar refractivity (Wildman–Crippen MR) is 65.7 cm³/mol. The van der Waals surface area contributed by atoms with Crippen molar-refractivity contribution in [1.29, 1.82) is 0 Å². The number of hydrogen-bond acceptors (Lipinski definition) is 3. The van der Waals surface area contributed by atoms with Gasteiger partial charge < -0.3 is 10.1 Å². The number of ether oxygens (including phenoxy) is 1. The van der Waals surface area contributed by atoms with Gasteiger partial charge >= 0.3 is 0 Å². The Morgan fingerprint density at radius 3 is 2.69 bits per heavy atom. The van der Waals surface area contributed by atoms with E-state index in [1.54, 1.807) is 6.20 Å². The van der Waals surface area contributed by atoms with E-state index >= 15 is 0 Å². The molecular weight excluding hydrogens is 202 g/mol. The fourth-order valence-electron chi connectivity index (χ4n) is 1.43. The molecule has 0 saturated carbocycles. The molecule has 1 aromatic heterocycles. The van der Waals surface area contributed by atoms with Gasteiger partial charge in [0.2, 0.25) is 0 Å². The Labute approximate surface area is 98.0 Å². The highest BCUT2D eigenvalue weighted by Crippen LogP contribution is 2.10. The van der Waals surface area contributed by atoms with Crippen LogP contribution in [0.2, 0.25) is 0 Å². The molecule has 92 valence electrons. The molecule has 1 atom stereocenters. The average molecular weight is 225 g/mol. The van der Waals surface area contributed by atoms with Crippen molar-refractivity contribution in [2.24, 2.45) is 5.92 Å². The molecule has 0 spiro atoms. The maximum Gasteiger partial charge on any atom is 0.157 e. The molecule has 1 N–H and O–H groups in total. The number of rotatable bonds is 7. The Bertz CT molecular complexity index is 296. The van der Waals surface area contributed by atoms with Crippen LogP contribution in [-0.4, -0.2) is 29.0 Å². The first-order valence-corrected chi connectivity index (χ1v) is 6.01. The standard InChI is InChI=1S/C12H23N3O/c1-5-15-9-12(8-14-15)16-11(4)7-13-6-10(2)3/h8-11,13H,5-7H2,1-4H3. The lowest BCUT2D eigenvalue weighted by Crippen LogP contribution is -2.31. The third kappa shape index (κ3) is 4.66. The molecular formula is C12H23N3O. The van der Waals surface area contributed by atoms with E-state index in [0.29, 0.717) is 5.92 Å². The topological polar surface area (TPSA) is 39.1 Å². The summed E-state index contributed by atoms with van der Waals surface area (Å²) in [4.78, 5) is 0. The van der Waals surface area contributed by atoms with Gasteiger partial charge in [-0.2, -0.15) is 5.10 Å². The van der Waals surface area contributed by atoms with E-state index in [1.807, 2.05) is 10.9 Å². The van der Waals surface area contributed by atoms with Crippen LogP contribution in [0.25, 0.3) is 0 Å². The second-order valence-electron chi connectivity index (χ2n) is 4.51. The Morgan fingerprint density at radius 2 is 2.12 bits per heavy atom. The van der Waals surface area contributed by atoms with Gasteiger partial charge in [-0.25, -0.2) is 0 Å². The first kappa shape index (κ1) is 13.0. The van der Waals surface area contributed by atoms with E-state index < -0.39 is 0 Å². The molecule has 0 amide bonds. The van der Waals surface area contributed by atoms with Crippen molar-refractivity contribution >= 4 is 0 Å². The number of hydrogen-bond donors (Lipinski definition) is 1. The number of nitrogens with zero attached hydrogens (tertiary/aromatic N) is 2. The maximum absolute atomic E-state index is 5.73. The van der Waals surface area contributed by atoms with E-state index in [0.717, 1.165) is 25.4 Å². The van der Waals surface area contributed by atoms with Crippen LogP contribution in [-0.2, 0) is 6.54 Å². The highest BCUT2D eigenvalue weighted by molar-refractivity contribution is 5.12. The molecule has 1 aromatic rings. The molecule has 0 aliphatic rings. The molecule has 0 aliphatic heterocycles. The third-order valence-corrected chi connectivity index (χ3v) is 2.26. The minimum Gasteiger partial charge on any atom is -0.486 e. The molecule has 0 fully saturated rings. The molecule has 0 radical (unpaired) electrons. The van der Waals surface area contributed by atoms with E-state index in [2.05, 4.69) is 38.1 Å². The molecule has 16 heavy (non-hydrogen) atoms. The first-order valence-electron chi connectivity index (χ1n) is 6.01. The molecule has 0 aliphatic carbocycles. The lowest BCUT2D eigenvalue weighted by Gasteiger charge is -2.14. The first-order chi connectivity index (χ1) is 7.61. The number of aromatic nitrogens is 2. The zero-order chi connectivity index (χ0) is 12.0. The third-order valence-electron chi connectivity index (χ3n) is 2.26. The zero-order valence-electron chi connectivity index (χ0n) is 10.7. The van der Waals surface area contributed by atoms with Crippen LogP contribution in [0.4, 0.5) is 0 Å². The van der Waals surface area contributed by atoms with Crippen molar-refractivity contribution in [3.63, 3.8) is 0 Å². The molecule has 1 unspecified atom stereocenters. The fraction of sp³-hybridized carbons (Fsp3) is 0.750. The van der Waals surface area contributed by atoms with Crippen molar-refractivity contribution in [3.8, 4) is 5.75 Å². The van der Waals surface area contributed by atoms with Crippen LogP contribution < -0.4 is 10.1 Å². The SMILES string of the molecule is CCn1cc(OC(C)CNCC(C)C)cn1. The second-order valence-corrected chi connectivity index (χ2v) is 4.51. The average Bonchev–Trinajstić information content (AvgIpc) is 2.65. The van der Waals surface area contributed by atoms with Crippen molar-refractivity contribution in [2.45, 2.75) is 40.3 Å². The van der Waals surface area contributed by atoms with Crippen LogP contribution in [0, 0.1) is 5.92 Å². The Hall–Kier alpha value is -1.03. The van der Waals surface area contributed by atoms with Crippen molar-refractivity contribution < 1.29 is 4.74 Å². The molecule has 0 aromatic carbocycles. The van der Waals surface area contributed by atoms with E-state index in [4.69, 9.17) is 4.74 Å². The van der Waals surface area contributed by atoms with Gasteiger partial charge in [-0.1, -0.05) is 13.8 Å². The van der Waals surface area contributed by atoms with Gasteiger partial charge in [0.25, 0.3) is 0 Å². The van der Waals surface area contributed by atoms with E-state index in [9.17, 15) is 0 Å². The highest BCUT2D eigenvalue weighted by Gasteiger charge is 2.05. The van der Waals surface area contributed by atoms with Crippen LogP contribution >= 0.6 is 0 Å².